The topological polar surface area (TPSA) is 52.6 Å². The highest BCUT2D eigenvalue weighted by Crippen LogP contribution is 2.31. The van der Waals surface area contributed by atoms with Gasteiger partial charge in [-0.1, -0.05) is 36.9 Å². The van der Waals surface area contributed by atoms with Gasteiger partial charge in [0.15, 0.2) is 12.4 Å². The van der Waals surface area contributed by atoms with Crippen LogP contribution in [0.1, 0.15) is 30.6 Å². The molecule has 0 saturated carbocycles. The highest BCUT2D eigenvalue weighted by atomic mass is 32.2. The molecule has 0 heterocycles. The van der Waals surface area contributed by atoms with Crippen molar-refractivity contribution in [1.29, 1.82) is 0 Å². The molecule has 5 heteroatoms. The number of carbonyl (C=O) groups is 2. The number of carbonyl (C=O) groups excluding carboxylic acids is 2. The fourth-order valence-corrected chi connectivity index (χ4v) is 2.99. The minimum absolute atomic E-state index is 0.338. The van der Waals surface area contributed by atoms with E-state index in [1.807, 2.05) is 49.4 Å². The average molecular weight is 344 g/mol. The molecule has 0 bridgehead atoms. The van der Waals surface area contributed by atoms with Crippen molar-refractivity contribution >= 4 is 24.0 Å². The van der Waals surface area contributed by atoms with Gasteiger partial charge in [-0.15, -0.1) is 0 Å². The quantitative estimate of drug-likeness (QED) is 0.526. The van der Waals surface area contributed by atoms with Crippen molar-refractivity contribution in [1.82, 2.24) is 0 Å². The molecule has 2 aromatic rings. The highest BCUT2D eigenvalue weighted by Gasteiger charge is 2.19. The summed E-state index contributed by atoms with van der Waals surface area (Å²) in [5, 5.41) is 0. The molecule has 0 radical (unpaired) electrons. The summed E-state index contributed by atoms with van der Waals surface area (Å²) in [6.45, 7) is 3.99. The molecular formula is C19H20O4S. The molecule has 0 aliphatic heterocycles. The van der Waals surface area contributed by atoms with E-state index in [1.54, 1.807) is 13.0 Å². The molecule has 4 nitrogen and oxygen atoms in total. The number of benzene rings is 2. The number of rotatable bonds is 8. The van der Waals surface area contributed by atoms with E-state index in [0.29, 0.717) is 24.3 Å². The van der Waals surface area contributed by atoms with Crippen molar-refractivity contribution in [2.75, 3.05) is 6.61 Å². The molecule has 1 unspecified atom stereocenters. The van der Waals surface area contributed by atoms with Gasteiger partial charge in [-0.25, -0.2) is 4.79 Å². The van der Waals surface area contributed by atoms with Crippen molar-refractivity contribution < 1.29 is 19.1 Å². The third kappa shape index (κ3) is 4.86. The van der Waals surface area contributed by atoms with Crippen LogP contribution in [0.15, 0.2) is 58.3 Å². The van der Waals surface area contributed by atoms with E-state index in [9.17, 15) is 9.59 Å². The smallest absolute Gasteiger partial charge is 0.347 e. The molecule has 0 amide bonds. The van der Waals surface area contributed by atoms with Gasteiger partial charge in [0.1, 0.15) is 5.75 Å². The molecule has 126 valence electrons. The Bertz CT molecular complexity index is 682. The third-order valence-electron chi connectivity index (χ3n) is 3.30. The maximum absolute atomic E-state index is 11.8. The minimum Gasteiger partial charge on any atom is -0.479 e. The van der Waals surface area contributed by atoms with Crippen LogP contribution < -0.4 is 4.74 Å². The Kier molecular flexibility index (Phi) is 6.88. The molecule has 2 rings (SSSR count). The molecule has 0 aromatic heterocycles. The van der Waals surface area contributed by atoms with Crippen LogP contribution in [0.2, 0.25) is 0 Å². The predicted octanol–water partition coefficient (Wildman–Crippen LogP) is 4.37. The summed E-state index contributed by atoms with van der Waals surface area (Å²) in [4.78, 5) is 24.7. The summed E-state index contributed by atoms with van der Waals surface area (Å²) in [5.41, 5.74) is 0.663. The number of hydrogen-bond donors (Lipinski definition) is 0. The number of ether oxygens (including phenoxy) is 2. The fourth-order valence-electron chi connectivity index (χ4n) is 2.08. The predicted molar refractivity (Wildman–Crippen MR) is 93.7 cm³/mol. The molecule has 0 spiro atoms. The van der Waals surface area contributed by atoms with Gasteiger partial charge in [-0.3, -0.25) is 4.79 Å². The van der Waals surface area contributed by atoms with Gasteiger partial charge in [-0.2, -0.15) is 0 Å². The van der Waals surface area contributed by atoms with Crippen molar-refractivity contribution in [3.8, 4) is 5.75 Å². The van der Waals surface area contributed by atoms with Crippen LogP contribution in [0.4, 0.5) is 0 Å². The zero-order valence-corrected chi connectivity index (χ0v) is 14.5. The van der Waals surface area contributed by atoms with Crippen molar-refractivity contribution in [3.05, 3.63) is 54.1 Å². The van der Waals surface area contributed by atoms with E-state index < -0.39 is 6.10 Å². The lowest BCUT2D eigenvalue weighted by atomic mass is 10.2. The summed E-state index contributed by atoms with van der Waals surface area (Å²) in [6, 6.07) is 14.9. The number of esters is 1. The van der Waals surface area contributed by atoms with Crippen LogP contribution >= 0.6 is 11.8 Å². The van der Waals surface area contributed by atoms with Crippen molar-refractivity contribution in [2.45, 2.75) is 36.2 Å². The second-order valence-corrected chi connectivity index (χ2v) is 6.11. The number of aldehydes is 1. The van der Waals surface area contributed by atoms with E-state index in [1.165, 1.54) is 11.8 Å². The van der Waals surface area contributed by atoms with Crippen LogP contribution in [-0.2, 0) is 9.53 Å². The maximum atomic E-state index is 11.8. The largest absolute Gasteiger partial charge is 0.479 e. The molecule has 1 atom stereocenters. The summed E-state index contributed by atoms with van der Waals surface area (Å²) in [7, 11) is 0. The first kappa shape index (κ1) is 18.1. The van der Waals surface area contributed by atoms with Gasteiger partial charge in [0.05, 0.1) is 6.61 Å². The normalized spacial score (nSPS) is 11.6. The Morgan fingerprint density at radius 3 is 2.46 bits per heavy atom. The van der Waals surface area contributed by atoms with Crippen LogP contribution in [0.3, 0.4) is 0 Å². The molecule has 2 aromatic carbocycles. The zero-order chi connectivity index (χ0) is 17.4. The third-order valence-corrected chi connectivity index (χ3v) is 4.40. The van der Waals surface area contributed by atoms with Crippen LogP contribution in [-0.4, -0.2) is 25.0 Å². The molecule has 0 fully saturated rings. The van der Waals surface area contributed by atoms with Crippen LogP contribution in [0.5, 0.6) is 5.75 Å². The molecule has 0 aliphatic rings. The Balaban J connectivity index is 2.05. The van der Waals surface area contributed by atoms with Crippen LogP contribution in [0.25, 0.3) is 0 Å². The standard InChI is InChI=1S/C19H20O4S/c1-3-17(19(21)22-4-2)23-15-9-11-16(12-10-15)24-18-8-6-5-7-14(18)13-20/h5-13,17H,3-4H2,1-2H3. The molecule has 0 N–H and O–H groups in total. The SMILES string of the molecule is CCOC(=O)C(CC)Oc1ccc(Sc2ccccc2C=O)cc1. The lowest BCUT2D eigenvalue weighted by Gasteiger charge is -2.16. The number of hydrogen-bond acceptors (Lipinski definition) is 5. The van der Waals surface area contributed by atoms with Gasteiger partial charge in [0, 0.05) is 15.4 Å². The maximum Gasteiger partial charge on any atom is 0.347 e. The van der Waals surface area contributed by atoms with Gasteiger partial charge in [0.2, 0.25) is 0 Å². The Labute approximate surface area is 146 Å². The Morgan fingerprint density at radius 1 is 1.12 bits per heavy atom. The second-order valence-electron chi connectivity index (χ2n) is 5.00. The Hall–Kier alpha value is -2.27. The van der Waals surface area contributed by atoms with Gasteiger partial charge in [-0.05, 0) is 43.7 Å². The summed E-state index contributed by atoms with van der Waals surface area (Å²) in [5.74, 6) is 0.265. The summed E-state index contributed by atoms with van der Waals surface area (Å²) < 4.78 is 10.7. The van der Waals surface area contributed by atoms with E-state index in [0.717, 1.165) is 16.1 Å². The first-order valence-corrected chi connectivity index (χ1v) is 8.65. The van der Waals surface area contributed by atoms with E-state index in [-0.39, 0.29) is 5.97 Å². The summed E-state index contributed by atoms with van der Waals surface area (Å²) in [6.07, 6.45) is 0.798. The van der Waals surface area contributed by atoms with E-state index in [2.05, 4.69) is 0 Å². The van der Waals surface area contributed by atoms with Crippen molar-refractivity contribution in [3.63, 3.8) is 0 Å². The first-order chi connectivity index (χ1) is 11.7. The molecule has 24 heavy (non-hydrogen) atoms. The highest BCUT2D eigenvalue weighted by molar-refractivity contribution is 7.99. The monoisotopic (exact) mass is 344 g/mol. The zero-order valence-electron chi connectivity index (χ0n) is 13.7. The first-order valence-electron chi connectivity index (χ1n) is 7.83. The molecule has 0 aliphatic carbocycles. The van der Waals surface area contributed by atoms with Gasteiger partial charge < -0.3 is 9.47 Å². The van der Waals surface area contributed by atoms with Gasteiger partial charge in [0.25, 0.3) is 0 Å². The molecular weight excluding hydrogens is 324 g/mol. The molecule has 0 saturated heterocycles. The second kappa shape index (κ2) is 9.13. The van der Waals surface area contributed by atoms with Crippen molar-refractivity contribution in [2.24, 2.45) is 0 Å². The average Bonchev–Trinajstić information content (AvgIpc) is 2.61. The lowest BCUT2D eigenvalue weighted by molar-refractivity contribution is -0.151. The van der Waals surface area contributed by atoms with Gasteiger partial charge >= 0.3 is 5.97 Å². The van der Waals surface area contributed by atoms with E-state index >= 15 is 0 Å². The Morgan fingerprint density at radius 2 is 1.83 bits per heavy atom. The fraction of sp³-hybridized carbons (Fsp3) is 0.263. The minimum atomic E-state index is -0.598. The van der Waals surface area contributed by atoms with Crippen LogP contribution in [0, 0.1) is 0 Å². The lowest BCUT2D eigenvalue weighted by Crippen LogP contribution is -2.28. The summed E-state index contributed by atoms with van der Waals surface area (Å²) >= 11 is 1.51. The van der Waals surface area contributed by atoms with E-state index in [4.69, 9.17) is 9.47 Å².